The van der Waals surface area contributed by atoms with Crippen LogP contribution in [0.25, 0.3) is 0 Å². The maximum atomic E-state index is 11.7. The van der Waals surface area contributed by atoms with E-state index in [1.807, 2.05) is 19.9 Å². The van der Waals surface area contributed by atoms with Crippen LogP contribution in [0.1, 0.15) is 25.6 Å². The van der Waals surface area contributed by atoms with E-state index in [1.54, 1.807) is 12.3 Å². The molecule has 1 amide bonds. The highest BCUT2D eigenvalue weighted by Crippen LogP contribution is 2.19. The Hall–Kier alpha value is -1.13. The molecule has 16 heavy (non-hydrogen) atoms. The van der Waals surface area contributed by atoms with Crippen LogP contribution in [0.3, 0.4) is 0 Å². The number of pyridine rings is 1. The Labute approximate surface area is 99.4 Å². The molecule has 4 nitrogen and oxygen atoms in total. The van der Waals surface area contributed by atoms with Crippen LogP contribution in [0, 0.1) is 5.92 Å². The summed E-state index contributed by atoms with van der Waals surface area (Å²) >= 11 is 5.71. The number of aromatic nitrogens is 1. The summed E-state index contributed by atoms with van der Waals surface area (Å²) in [6, 6.07) is 3.72. The third-order valence-corrected chi connectivity index (χ3v) is 3.19. The lowest BCUT2D eigenvalue weighted by Crippen LogP contribution is -2.54. The second-order valence-corrected chi connectivity index (χ2v) is 4.49. The maximum absolute atomic E-state index is 11.7. The van der Waals surface area contributed by atoms with Crippen molar-refractivity contribution in [1.29, 1.82) is 0 Å². The molecule has 0 aliphatic carbocycles. The number of nitrogens with one attached hydrogen (secondary N) is 2. The molecule has 0 radical (unpaired) electrons. The SMILES string of the molecule is CC1NC(c2ccc(Cl)nc2)NC(=O)C1C. The first-order chi connectivity index (χ1) is 7.58. The molecule has 2 heterocycles. The third kappa shape index (κ3) is 2.18. The topological polar surface area (TPSA) is 54.0 Å². The predicted octanol–water partition coefficient (Wildman–Crippen LogP) is 1.48. The summed E-state index contributed by atoms with van der Waals surface area (Å²) in [5.74, 6) is 0.0442. The van der Waals surface area contributed by atoms with Crippen molar-refractivity contribution >= 4 is 17.5 Å². The Morgan fingerprint density at radius 2 is 2.12 bits per heavy atom. The van der Waals surface area contributed by atoms with Gasteiger partial charge in [-0.25, -0.2) is 4.98 Å². The summed E-state index contributed by atoms with van der Waals surface area (Å²) in [5.41, 5.74) is 0.913. The zero-order chi connectivity index (χ0) is 11.7. The van der Waals surface area contributed by atoms with Gasteiger partial charge in [0.25, 0.3) is 0 Å². The number of rotatable bonds is 1. The van der Waals surface area contributed by atoms with Crippen LogP contribution in [0.5, 0.6) is 0 Å². The van der Waals surface area contributed by atoms with E-state index in [2.05, 4.69) is 15.6 Å². The van der Waals surface area contributed by atoms with E-state index in [-0.39, 0.29) is 24.0 Å². The van der Waals surface area contributed by atoms with Crippen molar-refractivity contribution in [2.24, 2.45) is 5.92 Å². The number of hydrogen-bond donors (Lipinski definition) is 2. The second kappa shape index (κ2) is 4.39. The smallest absolute Gasteiger partial charge is 0.225 e. The first-order valence-electron chi connectivity index (χ1n) is 5.26. The van der Waals surface area contributed by atoms with Crippen molar-refractivity contribution in [2.45, 2.75) is 26.1 Å². The lowest BCUT2D eigenvalue weighted by Gasteiger charge is -2.34. The Morgan fingerprint density at radius 3 is 2.69 bits per heavy atom. The number of amides is 1. The van der Waals surface area contributed by atoms with Crippen LogP contribution in [-0.4, -0.2) is 16.9 Å². The number of halogens is 1. The van der Waals surface area contributed by atoms with Gasteiger partial charge in [0.05, 0.1) is 5.92 Å². The fraction of sp³-hybridized carbons (Fsp3) is 0.455. The van der Waals surface area contributed by atoms with Crippen molar-refractivity contribution in [3.8, 4) is 0 Å². The lowest BCUT2D eigenvalue weighted by molar-refractivity contribution is -0.128. The quantitative estimate of drug-likeness (QED) is 0.730. The Morgan fingerprint density at radius 1 is 1.38 bits per heavy atom. The average molecular weight is 240 g/mol. The van der Waals surface area contributed by atoms with Gasteiger partial charge in [-0.2, -0.15) is 0 Å². The summed E-state index contributed by atoms with van der Waals surface area (Å²) in [6.07, 6.45) is 1.49. The van der Waals surface area contributed by atoms with Gasteiger partial charge in [0.1, 0.15) is 11.3 Å². The minimum absolute atomic E-state index is 0.0171. The molecule has 1 aromatic rings. The number of carbonyl (C=O) groups excluding carboxylic acids is 1. The van der Waals surface area contributed by atoms with Gasteiger partial charge in [-0.1, -0.05) is 24.6 Å². The molecule has 3 atom stereocenters. The molecule has 1 fully saturated rings. The summed E-state index contributed by atoms with van der Waals surface area (Å²) < 4.78 is 0. The first-order valence-corrected chi connectivity index (χ1v) is 5.63. The number of hydrogen-bond acceptors (Lipinski definition) is 3. The highest BCUT2D eigenvalue weighted by Gasteiger charge is 2.30. The molecule has 2 rings (SSSR count). The van der Waals surface area contributed by atoms with E-state index in [0.29, 0.717) is 5.15 Å². The highest BCUT2D eigenvalue weighted by molar-refractivity contribution is 6.29. The van der Waals surface area contributed by atoms with Crippen molar-refractivity contribution in [2.75, 3.05) is 0 Å². The van der Waals surface area contributed by atoms with Gasteiger partial charge < -0.3 is 5.32 Å². The van der Waals surface area contributed by atoms with E-state index in [9.17, 15) is 4.79 Å². The van der Waals surface area contributed by atoms with E-state index in [4.69, 9.17) is 11.6 Å². The zero-order valence-corrected chi connectivity index (χ0v) is 9.95. The van der Waals surface area contributed by atoms with Crippen molar-refractivity contribution in [1.82, 2.24) is 15.6 Å². The normalized spacial score (nSPS) is 29.9. The number of carbonyl (C=O) groups is 1. The highest BCUT2D eigenvalue weighted by atomic mass is 35.5. The third-order valence-electron chi connectivity index (χ3n) is 2.96. The monoisotopic (exact) mass is 239 g/mol. The van der Waals surface area contributed by atoms with Crippen LogP contribution in [0.4, 0.5) is 0 Å². The molecule has 86 valence electrons. The van der Waals surface area contributed by atoms with Crippen molar-refractivity contribution < 1.29 is 4.79 Å². The summed E-state index contributed by atoms with van der Waals surface area (Å²) in [5, 5.41) is 6.67. The molecule has 1 aliphatic heterocycles. The fourth-order valence-corrected chi connectivity index (χ4v) is 1.80. The average Bonchev–Trinajstić information content (AvgIpc) is 2.26. The van der Waals surface area contributed by atoms with Gasteiger partial charge in [-0.15, -0.1) is 0 Å². The fourth-order valence-electron chi connectivity index (χ4n) is 1.69. The standard InChI is InChI=1S/C11H14ClN3O/c1-6-7(2)14-10(15-11(6)16)8-3-4-9(12)13-5-8/h3-7,10,14H,1-2H3,(H,15,16). The molecular weight excluding hydrogens is 226 g/mol. The minimum atomic E-state index is -0.177. The van der Waals surface area contributed by atoms with Crippen molar-refractivity contribution in [3.05, 3.63) is 29.0 Å². The molecule has 0 aromatic carbocycles. The second-order valence-electron chi connectivity index (χ2n) is 4.10. The van der Waals surface area contributed by atoms with Gasteiger partial charge in [0.2, 0.25) is 5.91 Å². The van der Waals surface area contributed by atoms with Gasteiger partial charge in [0.15, 0.2) is 0 Å². The molecule has 5 heteroatoms. The molecule has 0 bridgehead atoms. The molecule has 2 N–H and O–H groups in total. The molecule has 0 spiro atoms. The lowest BCUT2D eigenvalue weighted by atomic mass is 9.98. The molecular formula is C11H14ClN3O. The molecule has 3 unspecified atom stereocenters. The van der Waals surface area contributed by atoms with E-state index < -0.39 is 0 Å². The van der Waals surface area contributed by atoms with Crippen LogP contribution in [0.15, 0.2) is 18.3 Å². The van der Waals surface area contributed by atoms with Crippen LogP contribution in [0.2, 0.25) is 5.15 Å². The Bertz CT molecular complexity index is 393. The Kier molecular flexibility index (Phi) is 3.12. The van der Waals surface area contributed by atoms with Crippen LogP contribution < -0.4 is 10.6 Å². The van der Waals surface area contributed by atoms with Gasteiger partial charge in [0, 0.05) is 17.8 Å². The first kappa shape index (κ1) is 11.4. The van der Waals surface area contributed by atoms with E-state index in [0.717, 1.165) is 5.56 Å². The van der Waals surface area contributed by atoms with Crippen LogP contribution in [-0.2, 0) is 4.79 Å². The van der Waals surface area contributed by atoms with Crippen molar-refractivity contribution in [3.63, 3.8) is 0 Å². The molecule has 1 aromatic heterocycles. The van der Waals surface area contributed by atoms with Gasteiger partial charge >= 0.3 is 0 Å². The summed E-state index contributed by atoms with van der Waals surface area (Å²) in [6.45, 7) is 3.91. The van der Waals surface area contributed by atoms with Crippen LogP contribution >= 0.6 is 11.6 Å². The molecule has 1 saturated heterocycles. The van der Waals surface area contributed by atoms with Gasteiger partial charge in [-0.3, -0.25) is 10.1 Å². The summed E-state index contributed by atoms with van der Waals surface area (Å²) in [7, 11) is 0. The zero-order valence-electron chi connectivity index (χ0n) is 9.20. The summed E-state index contributed by atoms with van der Waals surface area (Å²) in [4.78, 5) is 15.7. The largest absolute Gasteiger partial charge is 0.336 e. The molecule has 1 aliphatic rings. The minimum Gasteiger partial charge on any atom is -0.336 e. The predicted molar refractivity (Wildman–Crippen MR) is 61.9 cm³/mol. The molecule has 0 saturated carbocycles. The number of nitrogens with zero attached hydrogens (tertiary/aromatic N) is 1. The van der Waals surface area contributed by atoms with E-state index in [1.165, 1.54) is 0 Å². The van der Waals surface area contributed by atoms with Gasteiger partial charge in [-0.05, 0) is 13.0 Å². The maximum Gasteiger partial charge on any atom is 0.225 e. The Balaban J connectivity index is 2.17. The van der Waals surface area contributed by atoms with E-state index >= 15 is 0 Å².